The van der Waals surface area contributed by atoms with E-state index in [4.69, 9.17) is 5.11 Å². The molecule has 1 unspecified atom stereocenters. The highest BCUT2D eigenvalue weighted by molar-refractivity contribution is 7.91. The first-order valence-electron chi connectivity index (χ1n) is 5.88. The molecule has 19 heavy (non-hydrogen) atoms. The largest absolute Gasteiger partial charge is 0.611 e. The van der Waals surface area contributed by atoms with Crippen LogP contribution in [0.25, 0.3) is 0 Å². The molecule has 0 aliphatic heterocycles. The molecule has 0 fully saturated rings. The molecule has 0 amide bonds. The molecule has 0 heterocycles. The monoisotopic (exact) mass is 284 g/mol. The molecule has 0 saturated heterocycles. The molecule has 0 radical (unpaired) electrons. The fourth-order valence-corrected chi connectivity index (χ4v) is 3.36. The third-order valence-electron chi connectivity index (χ3n) is 2.72. The number of rotatable bonds is 6. The summed E-state index contributed by atoms with van der Waals surface area (Å²) >= 11 is -1.62. The van der Waals surface area contributed by atoms with E-state index in [1.165, 1.54) is 12.1 Å². The van der Waals surface area contributed by atoms with E-state index in [-0.39, 0.29) is 21.8 Å². The summed E-state index contributed by atoms with van der Waals surface area (Å²) in [7, 11) is 0. The van der Waals surface area contributed by atoms with Crippen LogP contribution in [0, 0.1) is 6.92 Å². The van der Waals surface area contributed by atoms with E-state index >= 15 is 0 Å². The molecule has 6 heteroatoms. The summed E-state index contributed by atoms with van der Waals surface area (Å²) in [6.07, 6.45) is 1.46. The maximum Gasteiger partial charge on any atom is 0.341 e. The minimum atomic E-state index is -1.62. The van der Waals surface area contributed by atoms with Crippen LogP contribution in [-0.2, 0) is 11.2 Å². The summed E-state index contributed by atoms with van der Waals surface area (Å²) in [4.78, 5) is 22.4. The number of hydrogen-bond acceptors (Lipinski definition) is 3. The third-order valence-corrected chi connectivity index (χ3v) is 4.26. The van der Waals surface area contributed by atoms with Crippen molar-refractivity contribution in [1.82, 2.24) is 0 Å². The Morgan fingerprint density at radius 3 is 2.37 bits per heavy atom. The number of carbonyl (C=O) groups is 2. The molecular formula is C13H16O5S. The van der Waals surface area contributed by atoms with E-state index < -0.39 is 23.1 Å². The van der Waals surface area contributed by atoms with Gasteiger partial charge in [-0.05, 0) is 36.2 Å². The van der Waals surface area contributed by atoms with Crippen molar-refractivity contribution in [1.29, 1.82) is 0 Å². The second-order valence-corrected chi connectivity index (χ2v) is 5.66. The van der Waals surface area contributed by atoms with Gasteiger partial charge in [-0.15, -0.1) is 0 Å². The van der Waals surface area contributed by atoms with Gasteiger partial charge in [0.2, 0.25) is 0 Å². The van der Waals surface area contributed by atoms with Crippen molar-refractivity contribution in [3.63, 3.8) is 0 Å². The van der Waals surface area contributed by atoms with Gasteiger partial charge in [-0.1, -0.05) is 19.4 Å². The highest BCUT2D eigenvalue weighted by Gasteiger charge is 2.29. The Kier molecular flexibility index (Phi) is 5.38. The van der Waals surface area contributed by atoms with Crippen LogP contribution in [0.1, 0.15) is 46.0 Å². The van der Waals surface area contributed by atoms with Crippen LogP contribution < -0.4 is 0 Å². The van der Waals surface area contributed by atoms with E-state index in [9.17, 15) is 19.2 Å². The summed E-state index contributed by atoms with van der Waals surface area (Å²) in [5, 5.41) is 18.3. The van der Waals surface area contributed by atoms with Crippen molar-refractivity contribution in [2.24, 2.45) is 0 Å². The average molecular weight is 284 g/mol. The minimum Gasteiger partial charge on any atom is -0.611 e. The molecule has 104 valence electrons. The lowest BCUT2D eigenvalue weighted by atomic mass is 10.0. The first-order chi connectivity index (χ1) is 8.90. The van der Waals surface area contributed by atoms with Gasteiger partial charge in [0.1, 0.15) is 16.9 Å². The van der Waals surface area contributed by atoms with Gasteiger partial charge >= 0.3 is 11.9 Å². The normalized spacial score (nSPS) is 12.2. The molecule has 0 aliphatic rings. The topological polar surface area (TPSA) is 97.7 Å². The number of benzene rings is 1. The molecular weight excluding hydrogens is 268 g/mol. The molecule has 0 spiro atoms. The maximum atomic E-state index is 12.2. The Hall–Kier alpha value is -1.53. The van der Waals surface area contributed by atoms with Crippen LogP contribution in [0.2, 0.25) is 0 Å². The number of carboxylic acids is 2. The quantitative estimate of drug-likeness (QED) is 0.781. The molecule has 2 N–H and O–H groups in total. The van der Waals surface area contributed by atoms with E-state index in [0.717, 1.165) is 6.42 Å². The number of carboxylic acid groups (broad SMARTS) is 2. The highest BCUT2D eigenvalue weighted by atomic mass is 32.2. The molecule has 1 aromatic rings. The zero-order valence-electron chi connectivity index (χ0n) is 10.8. The Morgan fingerprint density at radius 1 is 1.26 bits per heavy atom. The summed E-state index contributed by atoms with van der Waals surface area (Å²) in [5.74, 6) is -2.25. The van der Waals surface area contributed by atoms with Crippen molar-refractivity contribution in [2.75, 3.05) is 5.75 Å². The zero-order chi connectivity index (χ0) is 14.6. The Balaban J connectivity index is 3.41. The first-order valence-corrected chi connectivity index (χ1v) is 7.20. The van der Waals surface area contributed by atoms with Gasteiger partial charge in [0, 0.05) is 0 Å². The van der Waals surface area contributed by atoms with E-state index in [2.05, 4.69) is 0 Å². The predicted octanol–water partition coefficient (Wildman–Crippen LogP) is 2.30. The summed E-state index contributed by atoms with van der Waals surface area (Å²) in [6.45, 7) is 3.49. The second kappa shape index (κ2) is 6.58. The van der Waals surface area contributed by atoms with Crippen molar-refractivity contribution in [3.8, 4) is 0 Å². The van der Waals surface area contributed by atoms with Gasteiger partial charge in [0.15, 0.2) is 4.90 Å². The van der Waals surface area contributed by atoms with Crippen LogP contribution in [0.3, 0.4) is 0 Å². The molecule has 1 rings (SSSR count). The molecule has 0 aliphatic carbocycles. The van der Waals surface area contributed by atoms with Crippen molar-refractivity contribution in [3.05, 3.63) is 28.8 Å². The predicted molar refractivity (Wildman–Crippen MR) is 71.3 cm³/mol. The number of unbranched alkanes of at least 4 members (excludes halogenated alkanes) is 1. The zero-order valence-corrected chi connectivity index (χ0v) is 11.6. The van der Waals surface area contributed by atoms with E-state index in [1.807, 2.05) is 6.92 Å². The van der Waals surface area contributed by atoms with Crippen LogP contribution in [0.15, 0.2) is 17.0 Å². The number of aromatic carboxylic acids is 2. The fourth-order valence-electron chi connectivity index (χ4n) is 1.73. The van der Waals surface area contributed by atoms with E-state index in [1.54, 1.807) is 6.92 Å². The Morgan fingerprint density at radius 2 is 1.89 bits per heavy atom. The standard InChI is InChI=1S/C13H16O5S/c1-3-4-7-19(18)11-9(12(14)15)6-5-8(2)10(11)13(16)17/h5-6H,3-4,7H2,1-2H3,(H,14,15)(H,16,17). The molecule has 0 saturated carbocycles. The first kappa shape index (κ1) is 15.5. The van der Waals surface area contributed by atoms with Crippen LogP contribution in [-0.4, -0.2) is 32.5 Å². The summed E-state index contributed by atoms with van der Waals surface area (Å²) in [6, 6.07) is 2.73. The Bertz CT molecular complexity index is 498. The van der Waals surface area contributed by atoms with Gasteiger partial charge in [-0.2, -0.15) is 0 Å². The lowest BCUT2D eigenvalue weighted by Gasteiger charge is -2.16. The molecule has 1 atom stereocenters. The van der Waals surface area contributed by atoms with Crippen LogP contribution >= 0.6 is 0 Å². The lowest BCUT2D eigenvalue weighted by Crippen LogP contribution is -2.18. The van der Waals surface area contributed by atoms with Crippen molar-refractivity contribution in [2.45, 2.75) is 31.6 Å². The van der Waals surface area contributed by atoms with Crippen LogP contribution in [0.5, 0.6) is 0 Å². The lowest BCUT2D eigenvalue weighted by molar-refractivity contribution is 0.0689. The van der Waals surface area contributed by atoms with Gasteiger partial charge in [-0.25, -0.2) is 9.59 Å². The maximum absolute atomic E-state index is 12.2. The van der Waals surface area contributed by atoms with Gasteiger partial charge < -0.3 is 14.8 Å². The van der Waals surface area contributed by atoms with Crippen molar-refractivity contribution >= 4 is 23.1 Å². The average Bonchev–Trinajstić information content (AvgIpc) is 2.34. The number of aryl methyl sites for hydroxylation is 1. The minimum absolute atomic E-state index is 0.0755. The van der Waals surface area contributed by atoms with Gasteiger partial charge in [0.25, 0.3) is 0 Å². The smallest absolute Gasteiger partial charge is 0.341 e. The fraction of sp³-hybridized carbons (Fsp3) is 0.385. The number of hydrogen-bond donors (Lipinski definition) is 2. The Labute approximate surface area is 114 Å². The molecule has 0 aromatic heterocycles. The summed E-state index contributed by atoms with van der Waals surface area (Å²) in [5.41, 5.74) is 0.0594. The molecule has 5 nitrogen and oxygen atoms in total. The van der Waals surface area contributed by atoms with Crippen molar-refractivity contribution < 1.29 is 24.4 Å². The van der Waals surface area contributed by atoms with Gasteiger partial charge in [0.05, 0.1) is 0 Å². The SMILES string of the molecule is CCCC[S+]([O-])c1c(C(=O)O)ccc(C)c1C(=O)O. The van der Waals surface area contributed by atoms with Gasteiger partial charge in [-0.3, -0.25) is 0 Å². The molecule has 0 bridgehead atoms. The van der Waals surface area contributed by atoms with Crippen LogP contribution in [0.4, 0.5) is 0 Å². The molecule has 1 aromatic carbocycles. The second-order valence-electron chi connectivity index (χ2n) is 4.15. The third kappa shape index (κ3) is 3.48. The van der Waals surface area contributed by atoms with E-state index in [0.29, 0.717) is 12.0 Å². The highest BCUT2D eigenvalue weighted by Crippen LogP contribution is 2.26. The summed E-state index contributed by atoms with van der Waals surface area (Å²) < 4.78 is 12.2.